The number of hydrogen-bond acceptors (Lipinski definition) is 5. The van der Waals surface area contributed by atoms with E-state index in [2.05, 4.69) is 10.6 Å². The maximum Gasteiger partial charge on any atom is 0.274 e. The van der Waals surface area contributed by atoms with Crippen LogP contribution in [0.4, 0.5) is 8.78 Å². The second kappa shape index (κ2) is 8.30. The minimum atomic E-state index is -1.06. The van der Waals surface area contributed by atoms with Gasteiger partial charge in [-0.15, -0.1) is 0 Å². The fourth-order valence-corrected chi connectivity index (χ4v) is 4.55. The van der Waals surface area contributed by atoms with E-state index >= 15 is 0 Å². The topological polar surface area (TPSA) is 121 Å². The van der Waals surface area contributed by atoms with E-state index in [-0.39, 0.29) is 36.1 Å². The zero-order valence-corrected chi connectivity index (χ0v) is 17.9. The molecule has 1 aromatic carbocycles. The van der Waals surface area contributed by atoms with Crippen molar-refractivity contribution in [2.75, 3.05) is 13.1 Å². The molecule has 2 aliphatic heterocycles. The van der Waals surface area contributed by atoms with Crippen LogP contribution in [0.3, 0.4) is 0 Å². The standard InChI is InChI=1S/C22H22F2N4O5/c1-3-27-9-13-7-15(26-10(2)29)17-16(19(30)20(31)18(22(27)33)28(13)17)21(32)25-8-11-4-5-12(23)6-14(11)24/h4-6,13,15,31H,3,7-9H2,1-2H3,(H,25,32)(H,26,29)/t13-,15?/m0/s1. The molecule has 0 fully saturated rings. The summed E-state index contributed by atoms with van der Waals surface area (Å²) in [4.78, 5) is 52.3. The van der Waals surface area contributed by atoms with E-state index in [0.717, 1.165) is 12.1 Å². The molecule has 33 heavy (non-hydrogen) atoms. The van der Waals surface area contributed by atoms with E-state index in [0.29, 0.717) is 19.0 Å². The second-order valence-electron chi connectivity index (χ2n) is 8.06. The largest absolute Gasteiger partial charge is 0.503 e. The molecule has 174 valence electrons. The molecule has 9 nitrogen and oxygen atoms in total. The molecule has 1 unspecified atom stereocenters. The zero-order valence-electron chi connectivity index (χ0n) is 17.9. The minimum Gasteiger partial charge on any atom is -0.503 e. The molecule has 3 amide bonds. The Balaban J connectivity index is 1.80. The molecule has 11 heteroatoms. The third-order valence-corrected chi connectivity index (χ3v) is 5.99. The molecule has 3 N–H and O–H groups in total. The Hall–Kier alpha value is -3.76. The quantitative estimate of drug-likeness (QED) is 0.622. The van der Waals surface area contributed by atoms with E-state index < -0.39 is 52.1 Å². The number of hydrogen-bond donors (Lipinski definition) is 3. The van der Waals surface area contributed by atoms with Gasteiger partial charge in [0.2, 0.25) is 11.3 Å². The Bertz CT molecular complexity index is 1240. The monoisotopic (exact) mass is 460 g/mol. The predicted molar refractivity (Wildman–Crippen MR) is 112 cm³/mol. The normalized spacial score (nSPS) is 18.8. The molecule has 2 aliphatic rings. The van der Waals surface area contributed by atoms with Gasteiger partial charge in [0.25, 0.3) is 11.8 Å². The van der Waals surface area contributed by atoms with Crippen molar-refractivity contribution in [3.63, 3.8) is 0 Å². The lowest BCUT2D eigenvalue weighted by atomic mass is 10.0. The highest BCUT2D eigenvalue weighted by Gasteiger charge is 2.45. The first-order valence-corrected chi connectivity index (χ1v) is 10.4. The van der Waals surface area contributed by atoms with Crippen molar-refractivity contribution in [2.24, 2.45) is 0 Å². The first-order valence-electron chi connectivity index (χ1n) is 10.4. The summed E-state index contributed by atoms with van der Waals surface area (Å²) in [7, 11) is 0. The average molecular weight is 460 g/mol. The second-order valence-corrected chi connectivity index (χ2v) is 8.06. The minimum absolute atomic E-state index is 0.00601. The summed E-state index contributed by atoms with van der Waals surface area (Å²) in [6, 6.07) is 1.76. The number of nitrogens with zero attached hydrogens (tertiary/aromatic N) is 2. The van der Waals surface area contributed by atoms with Gasteiger partial charge in [0.15, 0.2) is 11.4 Å². The highest BCUT2D eigenvalue weighted by Crippen LogP contribution is 2.42. The summed E-state index contributed by atoms with van der Waals surface area (Å²) in [5, 5.41) is 15.7. The molecular formula is C22H22F2N4O5. The molecule has 0 radical (unpaired) electrons. The van der Waals surface area contributed by atoms with Crippen LogP contribution in [0.2, 0.25) is 0 Å². The molecule has 2 atom stereocenters. The van der Waals surface area contributed by atoms with Crippen molar-refractivity contribution in [3.8, 4) is 5.75 Å². The lowest BCUT2D eigenvalue weighted by molar-refractivity contribution is -0.119. The number of likely N-dealkylation sites (N-methyl/N-ethyl adjacent to an activating group) is 1. The predicted octanol–water partition coefficient (Wildman–Crippen LogP) is 1.36. The van der Waals surface area contributed by atoms with Crippen molar-refractivity contribution >= 4 is 17.7 Å². The SMILES string of the molecule is CCN1C[C@@H]2CC(NC(C)=O)c3c(C(=O)NCc4ccc(F)cc4F)c(=O)c(O)c(n32)C1=O. The highest BCUT2D eigenvalue weighted by molar-refractivity contribution is 6.00. The Kier molecular flexibility index (Phi) is 5.64. The van der Waals surface area contributed by atoms with Crippen LogP contribution in [0.1, 0.15) is 64.5 Å². The molecule has 4 rings (SSSR count). The van der Waals surface area contributed by atoms with Gasteiger partial charge < -0.3 is 25.2 Å². The van der Waals surface area contributed by atoms with Crippen LogP contribution in [0, 0.1) is 11.6 Å². The summed E-state index contributed by atoms with van der Waals surface area (Å²) in [5.41, 5.74) is -1.60. The Morgan fingerprint density at radius 1 is 1.24 bits per heavy atom. The van der Waals surface area contributed by atoms with Crippen LogP contribution in [0.15, 0.2) is 23.0 Å². The summed E-state index contributed by atoms with van der Waals surface area (Å²) >= 11 is 0. The molecule has 0 saturated heterocycles. The number of nitrogens with one attached hydrogen (secondary N) is 2. The smallest absolute Gasteiger partial charge is 0.274 e. The summed E-state index contributed by atoms with van der Waals surface area (Å²) in [5.74, 6) is -4.35. The molecule has 0 aliphatic carbocycles. The van der Waals surface area contributed by atoms with Gasteiger partial charge in [0, 0.05) is 38.2 Å². The number of halogens is 2. The summed E-state index contributed by atoms with van der Waals surface area (Å²) in [6.45, 7) is 3.35. The molecule has 0 bridgehead atoms. The van der Waals surface area contributed by atoms with Gasteiger partial charge in [-0.2, -0.15) is 0 Å². The van der Waals surface area contributed by atoms with Gasteiger partial charge in [0.1, 0.15) is 17.2 Å². The molecule has 2 aromatic rings. The Morgan fingerprint density at radius 2 is 1.97 bits per heavy atom. The first-order chi connectivity index (χ1) is 15.6. The van der Waals surface area contributed by atoms with Gasteiger partial charge in [0.05, 0.1) is 17.8 Å². The Morgan fingerprint density at radius 3 is 2.61 bits per heavy atom. The summed E-state index contributed by atoms with van der Waals surface area (Å²) < 4.78 is 28.6. The van der Waals surface area contributed by atoms with Crippen LogP contribution in [0.5, 0.6) is 5.75 Å². The van der Waals surface area contributed by atoms with E-state index in [1.165, 1.54) is 16.4 Å². The molecule has 0 saturated carbocycles. The van der Waals surface area contributed by atoms with Crippen LogP contribution in [0.25, 0.3) is 0 Å². The maximum absolute atomic E-state index is 14.0. The number of carbonyl (C=O) groups is 3. The van der Waals surface area contributed by atoms with Gasteiger partial charge in [-0.05, 0) is 19.4 Å². The van der Waals surface area contributed by atoms with E-state index in [9.17, 15) is 33.1 Å². The van der Waals surface area contributed by atoms with Gasteiger partial charge in [-0.3, -0.25) is 19.2 Å². The fourth-order valence-electron chi connectivity index (χ4n) is 4.55. The number of pyridine rings is 1. The number of aromatic hydroxyl groups is 1. The lowest BCUT2D eigenvalue weighted by Gasteiger charge is -2.33. The zero-order chi connectivity index (χ0) is 24.0. The van der Waals surface area contributed by atoms with Crippen molar-refractivity contribution in [1.29, 1.82) is 0 Å². The number of carbonyl (C=O) groups excluding carboxylic acids is 3. The molecule has 3 heterocycles. The number of benzene rings is 1. The molecule has 1 aromatic heterocycles. The van der Waals surface area contributed by atoms with E-state index in [1.54, 1.807) is 6.92 Å². The average Bonchev–Trinajstić information content (AvgIpc) is 3.08. The Labute approximate surface area is 187 Å². The fraction of sp³-hybridized carbons (Fsp3) is 0.364. The highest BCUT2D eigenvalue weighted by atomic mass is 19.1. The first kappa shape index (κ1) is 22.4. The van der Waals surface area contributed by atoms with Crippen LogP contribution in [-0.2, 0) is 11.3 Å². The number of amides is 3. The van der Waals surface area contributed by atoms with Gasteiger partial charge in [-0.25, -0.2) is 8.78 Å². The van der Waals surface area contributed by atoms with E-state index in [1.807, 2.05) is 0 Å². The third kappa shape index (κ3) is 3.73. The van der Waals surface area contributed by atoms with Crippen molar-refractivity contribution in [3.05, 3.63) is 62.6 Å². The molecule has 0 spiro atoms. The third-order valence-electron chi connectivity index (χ3n) is 5.99. The number of rotatable bonds is 5. The van der Waals surface area contributed by atoms with E-state index in [4.69, 9.17) is 0 Å². The van der Waals surface area contributed by atoms with Crippen LogP contribution < -0.4 is 16.1 Å². The maximum atomic E-state index is 14.0. The summed E-state index contributed by atoms with van der Waals surface area (Å²) in [6.07, 6.45) is 0.312. The van der Waals surface area contributed by atoms with Crippen LogP contribution in [-0.4, -0.2) is 45.4 Å². The van der Waals surface area contributed by atoms with Gasteiger partial charge in [-0.1, -0.05) is 6.07 Å². The number of aromatic nitrogens is 1. The van der Waals surface area contributed by atoms with Crippen molar-refractivity contribution in [1.82, 2.24) is 20.1 Å². The lowest BCUT2D eigenvalue weighted by Crippen LogP contribution is -2.44. The molecular weight excluding hydrogens is 438 g/mol. The van der Waals surface area contributed by atoms with Crippen LogP contribution >= 0.6 is 0 Å². The van der Waals surface area contributed by atoms with Crippen molar-refractivity contribution < 1.29 is 28.3 Å². The van der Waals surface area contributed by atoms with Gasteiger partial charge >= 0.3 is 0 Å². The van der Waals surface area contributed by atoms with Crippen molar-refractivity contribution in [2.45, 2.75) is 38.9 Å².